The van der Waals surface area contributed by atoms with Gasteiger partial charge in [-0.15, -0.1) is 22.7 Å². The molecule has 23 heavy (non-hydrogen) atoms. The summed E-state index contributed by atoms with van der Waals surface area (Å²) in [7, 11) is 0. The number of β-amino-alcohol motifs (C(OH)–C–C–N with tert-alkyl or cyclic N) is 1. The second-order valence-corrected chi connectivity index (χ2v) is 8.08. The molecule has 0 unspecified atom stereocenters. The summed E-state index contributed by atoms with van der Waals surface area (Å²) in [5.41, 5.74) is 0.845. The standard InChI is InChI=1S/C15H18BrN3O2S2/c16-11-7-13(22-9-11)15-17-12(10-23-15)8-14(21)19-3-1-18(2-4-19)5-6-20/h7,9-10,20H,1-6,8H2. The minimum Gasteiger partial charge on any atom is -0.395 e. The first-order valence-corrected chi connectivity index (χ1v) is 10.0. The minimum absolute atomic E-state index is 0.137. The number of nitrogens with zero attached hydrogens (tertiary/aromatic N) is 3. The second-order valence-electron chi connectivity index (χ2n) is 5.40. The monoisotopic (exact) mass is 415 g/mol. The lowest BCUT2D eigenvalue weighted by atomic mass is 10.2. The number of carbonyl (C=O) groups excluding carboxylic acids is 1. The Morgan fingerprint density at radius 3 is 2.70 bits per heavy atom. The van der Waals surface area contributed by atoms with Crippen LogP contribution in [0.2, 0.25) is 0 Å². The van der Waals surface area contributed by atoms with Crippen LogP contribution in [0.4, 0.5) is 0 Å². The van der Waals surface area contributed by atoms with Crippen LogP contribution >= 0.6 is 38.6 Å². The van der Waals surface area contributed by atoms with Gasteiger partial charge in [0.05, 0.1) is 23.6 Å². The van der Waals surface area contributed by atoms with Crippen molar-refractivity contribution in [1.29, 1.82) is 0 Å². The van der Waals surface area contributed by atoms with E-state index in [0.717, 1.165) is 46.2 Å². The molecule has 1 saturated heterocycles. The van der Waals surface area contributed by atoms with Gasteiger partial charge in [0.15, 0.2) is 0 Å². The summed E-state index contributed by atoms with van der Waals surface area (Å²) in [5.74, 6) is 0.137. The molecule has 3 rings (SSSR count). The zero-order valence-corrected chi connectivity index (χ0v) is 15.8. The lowest BCUT2D eigenvalue weighted by Gasteiger charge is -2.34. The van der Waals surface area contributed by atoms with Gasteiger partial charge in [-0.3, -0.25) is 9.69 Å². The summed E-state index contributed by atoms with van der Waals surface area (Å²) in [6.07, 6.45) is 0.364. The smallest absolute Gasteiger partial charge is 0.228 e. The molecule has 124 valence electrons. The summed E-state index contributed by atoms with van der Waals surface area (Å²) in [6.45, 7) is 3.99. The number of amides is 1. The van der Waals surface area contributed by atoms with E-state index in [9.17, 15) is 4.79 Å². The number of piperazine rings is 1. The van der Waals surface area contributed by atoms with Gasteiger partial charge in [0, 0.05) is 48.0 Å². The Balaban J connectivity index is 1.55. The number of rotatable bonds is 5. The summed E-state index contributed by atoms with van der Waals surface area (Å²) < 4.78 is 1.06. The quantitative estimate of drug-likeness (QED) is 0.813. The van der Waals surface area contributed by atoms with Crippen molar-refractivity contribution < 1.29 is 9.90 Å². The Kier molecular flexibility index (Phi) is 5.81. The van der Waals surface area contributed by atoms with Gasteiger partial charge in [0.1, 0.15) is 5.01 Å². The molecule has 5 nitrogen and oxygen atoms in total. The number of carbonyl (C=O) groups is 1. The van der Waals surface area contributed by atoms with Crippen molar-refractivity contribution in [1.82, 2.24) is 14.8 Å². The first kappa shape index (κ1) is 17.0. The third-order valence-electron chi connectivity index (χ3n) is 3.80. The van der Waals surface area contributed by atoms with E-state index in [-0.39, 0.29) is 12.5 Å². The number of thiazole rings is 1. The summed E-state index contributed by atoms with van der Waals surface area (Å²) in [4.78, 5) is 22.2. The van der Waals surface area contributed by atoms with E-state index in [4.69, 9.17) is 5.11 Å². The molecule has 2 aromatic rings. The molecule has 0 atom stereocenters. The fourth-order valence-electron chi connectivity index (χ4n) is 2.56. The fraction of sp³-hybridized carbons (Fsp3) is 0.467. The number of thiophene rings is 1. The highest BCUT2D eigenvalue weighted by molar-refractivity contribution is 9.10. The number of aliphatic hydroxyl groups excluding tert-OH is 1. The van der Waals surface area contributed by atoms with Gasteiger partial charge >= 0.3 is 0 Å². The fourth-order valence-corrected chi connectivity index (χ4v) is 4.88. The van der Waals surface area contributed by atoms with Gasteiger partial charge in [-0.2, -0.15) is 0 Å². The molecule has 0 bridgehead atoms. The Bertz CT molecular complexity index is 665. The van der Waals surface area contributed by atoms with Crippen molar-refractivity contribution in [3.05, 3.63) is 27.0 Å². The third kappa shape index (κ3) is 4.39. The van der Waals surface area contributed by atoms with Crippen molar-refractivity contribution in [2.24, 2.45) is 0 Å². The van der Waals surface area contributed by atoms with Gasteiger partial charge in [-0.05, 0) is 22.0 Å². The molecule has 0 aliphatic carbocycles. The third-order valence-corrected chi connectivity index (χ3v) is 6.55. The van der Waals surface area contributed by atoms with Gasteiger partial charge in [-0.1, -0.05) is 0 Å². The summed E-state index contributed by atoms with van der Waals surface area (Å²) in [5, 5.41) is 13.9. The second kappa shape index (κ2) is 7.85. The van der Waals surface area contributed by atoms with E-state index in [0.29, 0.717) is 13.0 Å². The maximum Gasteiger partial charge on any atom is 0.228 e. The molecule has 1 fully saturated rings. The SMILES string of the molecule is O=C(Cc1csc(-c2cc(Br)cs2)n1)N1CCN(CCO)CC1. The van der Waals surface area contributed by atoms with E-state index in [1.807, 2.05) is 15.7 Å². The normalized spacial score (nSPS) is 16.0. The lowest BCUT2D eigenvalue weighted by molar-refractivity contribution is -0.132. The van der Waals surface area contributed by atoms with Crippen LogP contribution in [0.15, 0.2) is 21.3 Å². The number of aromatic nitrogens is 1. The molecule has 8 heteroatoms. The molecule has 1 aliphatic heterocycles. The molecule has 3 heterocycles. The molecular weight excluding hydrogens is 398 g/mol. The van der Waals surface area contributed by atoms with Gasteiger partial charge in [0.2, 0.25) is 5.91 Å². The van der Waals surface area contributed by atoms with Gasteiger partial charge in [0.25, 0.3) is 0 Å². The van der Waals surface area contributed by atoms with Crippen LogP contribution in [0.25, 0.3) is 9.88 Å². The van der Waals surface area contributed by atoms with Crippen LogP contribution in [0.3, 0.4) is 0 Å². The highest BCUT2D eigenvalue weighted by atomic mass is 79.9. The van der Waals surface area contributed by atoms with Crippen LogP contribution in [0.5, 0.6) is 0 Å². The van der Waals surface area contributed by atoms with Crippen molar-refractivity contribution in [3.63, 3.8) is 0 Å². The maximum atomic E-state index is 12.4. The van der Waals surface area contributed by atoms with Gasteiger partial charge < -0.3 is 10.0 Å². The Morgan fingerprint density at radius 1 is 1.26 bits per heavy atom. The van der Waals surface area contributed by atoms with E-state index in [1.54, 1.807) is 22.7 Å². The van der Waals surface area contributed by atoms with Crippen molar-refractivity contribution in [2.75, 3.05) is 39.3 Å². The number of hydrogen-bond acceptors (Lipinski definition) is 6. The van der Waals surface area contributed by atoms with Crippen LogP contribution in [-0.4, -0.2) is 65.1 Å². The zero-order valence-electron chi connectivity index (χ0n) is 12.6. The number of hydrogen-bond donors (Lipinski definition) is 1. The van der Waals surface area contributed by atoms with Crippen molar-refractivity contribution in [2.45, 2.75) is 6.42 Å². The van der Waals surface area contributed by atoms with Crippen LogP contribution in [0.1, 0.15) is 5.69 Å². The number of aliphatic hydroxyl groups is 1. The average Bonchev–Trinajstić information content (AvgIpc) is 3.17. The zero-order chi connectivity index (χ0) is 16.2. The summed E-state index contributed by atoms with van der Waals surface area (Å²) >= 11 is 6.68. The van der Waals surface area contributed by atoms with Crippen LogP contribution in [0, 0.1) is 0 Å². The van der Waals surface area contributed by atoms with Crippen LogP contribution in [-0.2, 0) is 11.2 Å². The van der Waals surface area contributed by atoms with E-state index < -0.39 is 0 Å². The van der Waals surface area contributed by atoms with Crippen LogP contribution < -0.4 is 0 Å². The van der Waals surface area contributed by atoms with Gasteiger partial charge in [-0.25, -0.2) is 4.98 Å². The van der Waals surface area contributed by atoms with Crippen molar-refractivity contribution >= 4 is 44.5 Å². The average molecular weight is 416 g/mol. The first-order chi connectivity index (χ1) is 11.2. The Morgan fingerprint density at radius 2 is 2.04 bits per heavy atom. The summed E-state index contributed by atoms with van der Waals surface area (Å²) in [6, 6.07) is 2.05. The molecule has 0 radical (unpaired) electrons. The van der Waals surface area contributed by atoms with E-state index in [2.05, 4.69) is 31.9 Å². The Labute approximate surface area is 151 Å². The maximum absolute atomic E-state index is 12.4. The van der Waals surface area contributed by atoms with E-state index >= 15 is 0 Å². The molecule has 2 aromatic heterocycles. The first-order valence-electron chi connectivity index (χ1n) is 7.45. The highest BCUT2D eigenvalue weighted by Gasteiger charge is 2.21. The predicted octanol–water partition coefficient (Wildman–Crippen LogP) is 2.31. The van der Waals surface area contributed by atoms with Crippen molar-refractivity contribution in [3.8, 4) is 9.88 Å². The molecule has 1 amide bonds. The largest absolute Gasteiger partial charge is 0.395 e. The Hall–Kier alpha value is -0.800. The molecular formula is C15H18BrN3O2S2. The molecule has 0 aromatic carbocycles. The number of halogens is 1. The molecule has 0 saturated carbocycles. The topological polar surface area (TPSA) is 56.7 Å². The molecule has 1 N–H and O–H groups in total. The highest BCUT2D eigenvalue weighted by Crippen LogP contribution is 2.32. The van der Waals surface area contributed by atoms with E-state index in [1.165, 1.54) is 0 Å². The molecule has 0 spiro atoms. The molecule has 1 aliphatic rings. The predicted molar refractivity (Wildman–Crippen MR) is 96.9 cm³/mol. The lowest BCUT2D eigenvalue weighted by Crippen LogP contribution is -2.49. The minimum atomic E-state index is 0.137.